The molecule has 0 aromatic carbocycles. The van der Waals surface area contributed by atoms with Crippen LogP contribution in [0.4, 0.5) is 0 Å². The number of nitrogens with two attached hydrogens (primary N) is 1. The summed E-state index contributed by atoms with van der Waals surface area (Å²) in [5, 5.41) is 3.25. The molecular formula is C16H32N2O. The first kappa shape index (κ1) is 16.5. The van der Waals surface area contributed by atoms with Crippen molar-refractivity contribution >= 4 is 5.91 Å². The fraction of sp³-hybridized carbons (Fsp3) is 0.938. The standard InChI is InChI=1S/C16H32N2O/c1-12(2)9-13(11-17)10-15(19)18-14-7-5-6-8-16(14,3)4/h12-14H,5-11,17H2,1-4H3,(H,18,19)/t13-,14?/m0/s1. The van der Waals surface area contributed by atoms with Gasteiger partial charge in [0.2, 0.25) is 5.91 Å². The Morgan fingerprint density at radius 2 is 2.05 bits per heavy atom. The van der Waals surface area contributed by atoms with Gasteiger partial charge in [0.25, 0.3) is 0 Å². The quantitative estimate of drug-likeness (QED) is 0.778. The van der Waals surface area contributed by atoms with Crippen molar-refractivity contribution in [2.45, 2.75) is 72.3 Å². The summed E-state index contributed by atoms with van der Waals surface area (Å²) in [6.07, 6.45) is 6.48. The smallest absolute Gasteiger partial charge is 0.220 e. The molecule has 1 saturated carbocycles. The van der Waals surface area contributed by atoms with Crippen LogP contribution >= 0.6 is 0 Å². The zero-order chi connectivity index (χ0) is 14.5. The van der Waals surface area contributed by atoms with Gasteiger partial charge in [0.05, 0.1) is 0 Å². The van der Waals surface area contributed by atoms with E-state index in [0.717, 1.165) is 12.8 Å². The molecule has 0 bridgehead atoms. The minimum absolute atomic E-state index is 0.191. The van der Waals surface area contributed by atoms with Crippen LogP contribution in [0.25, 0.3) is 0 Å². The lowest BCUT2D eigenvalue weighted by atomic mass is 9.73. The summed E-state index contributed by atoms with van der Waals surface area (Å²) in [5.41, 5.74) is 6.02. The Hall–Kier alpha value is -0.570. The number of rotatable bonds is 6. The van der Waals surface area contributed by atoms with Crippen molar-refractivity contribution in [2.75, 3.05) is 6.54 Å². The topological polar surface area (TPSA) is 55.1 Å². The highest BCUT2D eigenvalue weighted by Gasteiger charge is 2.33. The Labute approximate surface area is 118 Å². The molecule has 0 aromatic rings. The molecule has 0 aliphatic heterocycles. The SMILES string of the molecule is CC(C)C[C@H](CN)CC(=O)NC1CCCCC1(C)C. The first-order valence-corrected chi connectivity index (χ1v) is 7.84. The molecule has 19 heavy (non-hydrogen) atoms. The predicted octanol–water partition coefficient (Wildman–Crippen LogP) is 3.08. The van der Waals surface area contributed by atoms with E-state index in [9.17, 15) is 4.79 Å². The fourth-order valence-electron chi connectivity index (χ4n) is 3.21. The highest BCUT2D eigenvalue weighted by Crippen LogP contribution is 2.35. The molecule has 0 spiro atoms. The van der Waals surface area contributed by atoms with Crippen LogP contribution in [-0.4, -0.2) is 18.5 Å². The van der Waals surface area contributed by atoms with Crippen LogP contribution in [0.3, 0.4) is 0 Å². The van der Waals surface area contributed by atoms with Gasteiger partial charge < -0.3 is 11.1 Å². The highest BCUT2D eigenvalue weighted by atomic mass is 16.1. The second kappa shape index (κ2) is 7.28. The molecule has 0 radical (unpaired) electrons. The van der Waals surface area contributed by atoms with Crippen molar-refractivity contribution < 1.29 is 4.79 Å². The van der Waals surface area contributed by atoms with Gasteiger partial charge in [0, 0.05) is 12.5 Å². The van der Waals surface area contributed by atoms with E-state index in [-0.39, 0.29) is 11.3 Å². The summed E-state index contributed by atoms with van der Waals surface area (Å²) in [5.74, 6) is 1.12. The van der Waals surface area contributed by atoms with E-state index in [1.807, 2.05) is 0 Å². The van der Waals surface area contributed by atoms with E-state index < -0.39 is 0 Å². The van der Waals surface area contributed by atoms with Crippen molar-refractivity contribution in [2.24, 2.45) is 23.0 Å². The van der Waals surface area contributed by atoms with Gasteiger partial charge in [-0.05, 0) is 43.1 Å². The van der Waals surface area contributed by atoms with Crippen molar-refractivity contribution in [1.82, 2.24) is 5.32 Å². The molecule has 3 heteroatoms. The first-order chi connectivity index (χ1) is 8.85. The maximum Gasteiger partial charge on any atom is 0.220 e. The summed E-state index contributed by atoms with van der Waals surface area (Å²) in [7, 11) is 0. The van der Waals surface area contributed by atoms with Gasteiger partial charge in [-0.15, -0.1) is 0 Å². The predicted molar refractivity (Wildman–Crippen MR) is 80.8 cm³/mol. The van der Waals surface area contributed by atoms with Crippen LogP contribution in [0.2, 0.25) is 0 Å². The number of hydrogen-bond donors (Lipinski definition) is 2. The van der Waals surface area contributed by atoms with Crippen LogP contribution in [0.15, 0.2) is 0 Å². The summed E-state index contributed by atoms with van der Waals surface area (Å²) in [4.78, 5) is 12.2. The summed E-state index contributed by atoms with van der Waals surface area (Å²) in [6.45, 7) is 9.52. The van der Waals surface area contributed by atoms with Crippen molar-refractivity contribution in [3.05, 3.63) is 0 Å². The number of amides is 1. The Kier molecular flexibility index (Phi) is 6.31. The summed E-state index contributed by atoms with van der Waals surface area (Å²) in [6, 6.07) is 0.339. The molecule has 0 heterocycles. The lowest BCUT2D eigenvalue weighted by Gasteiger charge is -2.39. The number of carbonyl (C=O) groups excluding carboxylic acids is 1. The molecule has 1 fully saturated rings. The Balaban J connectivity index is 2.45. The normalized spacial score (nSPS) is 24.2. The fourth-order valence-corrected chi connectivity index (χ4v) is 3.21. The van der Waals surface area contributed by atoms with Gasteiger partial charge in [0.1, 0.15) is 0 Å². The maximum atomic E-state index is 12.2. The molecule has 1 aliphatic rings. The van der Waals surface area contributed by atoms with Gasteiger partial charge >= 0.3 is 0 Å². The van der Waals surface area contributed by atoms with E-state index in [1.165, 1.54) is 19.3 Å². The van der Waals surface area contributed by atoms with Crippen LogP contribution in [0, 0.1) is 17.3 Å². The minimum atomic E-state index is 0.191. The Morgan fingerprint density at radius 3 is 2.58 bits per heavy atom. The van der Waals surface area contributed by atoms with Crippen LogP contribution < -0.4 is 11.1 Å². The second-order valence-electron chi connectivity index (χ2n) is 7.29. The van der Waals surface area contributed by atoms with E-state index in [1.54, 1.807) is 0 Å². The third-order valence-corrected chi connectivity index (χ3v) is 4.45. The van der Waals surface area contributed by atoms with E-state index in [0.29, 0.717) is 30.8 Å². The zero-order valence-corrected chi connectivity index (χ0v) is 13.2. The van der Waals surface area contributed by atoms with Crippen LogP contribution in [0.1, 0.15) is 66.2 Å². The molecule has 0 aromatic heterocycles. The molecule has 0 saturated heterocycles. The zero-order valence-electron chi connectivity index (χ0n) is 13.2. The summed E-state index contributed by atoms with van der Waals surface area (Å²) >= 11 is 0. The number of carbonyl (C=O) groups is 1. The third-order valence-electron chi connectivity index (χ3n) is 4.45. The van der Waals surface area contributed by atoms with Crippen molar-refractivity contribution in [3.8, 4) is 0 Å². The van der Waals surface area contributed by atoms with Crippen molar-refractivity contribution in [3.63, 3.8) is 0 Å². The van der Waals surface area contributed by atoms with Crippen LogP contribution in [-0.2, 0) is 4.79 Å². The molecule has 112 valence electrons. The monoisotopic (exact) mass is 268 g/mol. The van der Waals surface area contributed by atoms with E-state index >= 15 is 0 Å². The first-order valence-electron chi connectivity index (χ1n) is 7.84. The third kappa shape index (κ3) is 5.52. The van der Waals surface area contributed by atoms with E-state index in [2.05, 4.69) is 33.0 Å². The summed E-state index contributed by atoms with van der Waals surface area (Å²) < 4.78 is 0. The van der Waals surface area contributed by atoms with Gasteiger partial charge in [-0.25, -0.2) is 0 Å². The molecular weight excluding hydrogens is 236 g/mol. The average molecular weight is 268 g/mol. The van der Waals surface area contributed by atoms with Gasteiger partial charge in [-0.3, -0.25) is 4.79 Å². The molecule has 3 N–H and O–H groups in total. The molecule has 1 unspecified atom stereocenters. The molecule has 2 atom stereocenters. The Morgan fingerprint density at radius 1 is 1.37 bits per heavy atom. The van der Waals surface area contributed by atoms with Gasteiger partial charge in [0.15, 0.2) is 0 Å². The molecule has 1 aliphatic carbocycles. The lowest BCUT2D eigenvalue weighted by molar-refractivity contribution is -0.124. The van der Waals surface area contributed by atoms with Gasteiger partial charge in [-0.2, -0.15) is 0 Å². The van der Waals surface area contributed by atoms with Crippen LogP contribution in [0.5, 0.6) is 0 Å². The largest absolute Gasteiger partial charge is 0.353 e. The van der Waals surface area contributed by atoms with Gasteiger partial charge in [-0.1, -0.05) is 40.5 Å². The molecule has 1 rings (SSSR count). The highest BCUT2D eigenvalue weighted by molar-refractivity contribution is 5.76. The molecule has 3 nitrogen and oxygen atoms in total. The Bertz CT molecular complexity index is 286. The average Bonchev–Trinajstić information content (AvgIpc) is 2.30. The van der Waals surface area contributed by atoms with Crippen molar-refractivity contribution in [1.29, 1.82) is 0 Å². The lowest BCUT2D eigenvalue weighted by Crippen LogP contribution is -2.47. The number of hydrogen-bond acceptors (Lipinski definition) is 2. The minimum Gasteiger partial charge on any atom is -0.353 e. The second-order valence-corrected chi connectivity index (χ2v) is 7.29. The van der Waals surface area contributed by atoms with E-state index in [4.69, 9.17) is 5.73 Å². The maximum absolute atomic E-state index is 12.2. The number of nitrogens with one attached hydrogen (secondary N) is 1. The molecule has 1 amide bonds.